The van der Waals surface area contributed by atoms with Crippen LogP contribution in [0.4, 0.5) is 10.5 Å². The second-order valence-corrected chi connectivity index (χ2v) is 7.33. The van der Waals surface area contributed by atoms with Gasteiger partial charge in [-0.2, -0.15) is 0 Å². The van der Waals surface area contributed by atoms with Gasteiger partial charge in [0.15, 0.2) is 0 Å². The van der Waals surface area contributed by atoms with Gasteiger partial charge in [-0.05, 0) is 45.2 Å². The summed E-state index contributed by atoms with van der Waals surface area (Å²) in [7, 11) is 0. The summed E-state index contributed by atoms with van der Waals surface area (Å²) < 4.78 is 0. The molecule has 122 valence electrons. The Hall–Kier alpha value is -1.49. The Morgan fingerprint density at radius 2 is 2.14 bits per heavy atom. The predicted molar refractivity (Wildman–Crippen MR) is 88.6 cm³/mol. The van der Waals surface area contributed by atoms with E-state index in [0.717, 1.165) is 18.7 Å². The number of pyridine rings is 1. The maximum atomic E-state index is 11.8. The van der Waals surface area contributed by atoms with Crippen molar-refractivity contribution in [2.75, 3.05) is 18.0 Å². The van der Waals surface area contributed by atoms with Gasteiger partial charge in [0.2, 0.25) is 0 Å². The van der Waals surface area contributed by atoms with Crippen LogP contribution in [0, 0.1) is 5.92 Å². The Labute approximate surface area is 136 Å². The summed E-state index contributed by atoms with van der Waals surface area (Å²) in [6.07, 6.45) is 1.84. The molecule has 2 heterocycles. The van der Waals surface area contributed by atoms with Crippen molar-refractivity contribution in [3.05, 3.63) is 23.5 Å². The number of hydrogen-bond donors (Lipinski definition) is 1. The number of carboxylic acid groups (broad SMARTS) is 1. The SMILES string of the molecule is C[C@H]1CCN(c2ccc(Cl)nc2)C[C@@H]1N(C(=O)O)C(C)(C)C. The van der Waals surface area contributed by atoms with Gasteiger partial charge in [-0.1, -0.05) is 18.5 Å². The Morgan fingerprint density at radius 3 is 2.64 bits per heavy atom. The lowest BCUT2D eigenvalue weighted by molar-refractivity contribution is 0.0467. The first-order chi connectivity index (χ1) is 10.2. The number of hydrogen-bond acceptors (Lipinski definition) is 3. The van der Waals surface area contributed by atoms with E-state index in [4.69, 9.17) is 11.6 Å². The monoisotopic (exact) mass is 325 g/mol. The molecule has 1 amide bonds. The second-order valence-electron chi connectivity index (χ2n) is 6.94. The van der Waals surface area contributed by atoms with Crippen molar-refractivity contribution in [1.29, 1.82) is 0 Å². The fraction of sp³-hybridized carbons (Fsp3) is 0.625. The number of amides is 1. The van der Waals surface area contributed by atoms with Crippen LogP contribution in [-0.4, -0.2) is 45.8 Å². The quantitative estimate of drug-likeness (QED) is 0.842. The van der Waals surface area contributed by atoms with Crippen LogP contribution in [-0.2, 0) is 0 Å². The van der Waals surface area contributed by atoms with E-state index in [1.54, 1.807) is 17.2 Å². The average molecular weight is 326 g/mol. The molecule has 1 aliphatic heterocycles. The second kappa shape index (κ2) is 6.32. The van der Waals surface area contributed by atoms with E-state index in [9.17, 15) is 9.90 Å². The maximum Gasteiger partial charge on any atom is 0.408 e. The summed E-state index contributed by atoms with van der Waals surface area (Å²) >= 11 is 5.84. The lowest BCUT2D eigenvalue weighted by Gasteiger charge is -2.47. The number of piperidine rings is 1. The normalized spacial score (nSPS) is 22.5. The summed E-state index contributed by atoms with van der Waals surface area (Å²) in [5, 5.41) is 10.1. The highest BCUT2D eigenvalue weighted by molar-refractivity contribution is 6.29. The highest BCUT2D eigenvalue weighted by atomic mass is 35.5. The summed E-state index contributed by atoms with van der Waals surface area (Å²) in [5.41, 5.74) is 0.562. The molecule has 2 atom stereocenters. The van der Waals surface area contributed by atoms with Gasteiger partial charge in [0.25, 0.3) is 0 Å². The van der Waals surface area contributed by atoms with Crippen molar-refractivity contribution in [2.24, 2.45) is 5.92 Å². The van der Waals surface area contributed by atoms with Gasteiger partial charge in [0.05, 0.1) is 17.9 Å². The summed E-state index contributed by atoms with van der Waals surface area (Å²) in [6, 6.07) is 3.66. The number of anilines is 1. The Kier molecular flexibility index (Phi) is 4.85. The van der Waals surface area contributed by atoms with Gasteiger partial charge in [-0.3, -0.25) is 4.90 Å². The molecule has 1 N–H and O–H groups in total. The lowest BCUT2D eigenvalue weighted by atomic mass is 9.89. The minimum atomic E-state index is -0.861. The molecule has 0 aliphatic carbocycles. The van der Waals surface area contributed by atoms with Crippen LogP contribution in [0.3, 0.4) is 0 Å². The van der Waals surface area contributed by atoms with E-state index in [-0.39, 0.29) is 6.04 Å². The van der Waals surface area contributed by atoms with Gasteiger partial charge in [0, 0.05) is 18.6 Å². The molecule has 1 aromatic heterocycles. The van der Waals surface area contributed by atoms with E-state index in [1.165, 1.54) is 0 Å². The number of rotatable bonds is 2. The smallest absolute Gasteiger partial charge is 0.408 e. The molecule has 0 unspecified atom stereocenters. The highest BCUT2D eigenvalue weighted by Crippen LogP contribution is 2.30. The molecule has 1 aromatic rings. The van der Waals surface area contributed by atoms with Crippen molar-refractivity contribution in [1.82, 2.24) is 9.88 Å². The first kappa shape index (κ1) is 16.9. The third kappa shape index (κ3) is 3.64. The molecule has 1 saturated heterocycles. The molecule has 0 aromatic carbocycles. The standard InChI is InChI=1S/C16H24ClN3O2/c1-11-7-8-19(12-5-6-14(17)18-9-12)10-13(11)20(15(21)22)16(2,3)4/h5-6,9,11,13H,7-8,10H2,1-4H3,(H,21,22)/t11-,13-/m0/s1. The molecule has 1 fully saturated rings. The Morgan fingerprint density at radius 1 is 1.45 bits per heavy atom. The average Bonchev–Trinajstić information content (AvgIpc) is 2.40. The van der Waals surface area contributed by atoms with Crippen molar-refractivity contribution >= 4 is 23.4 Å². The summed E-state index contributed by atoms with van der Waals surface area (Å²) in [6.45, 7) is 9.53. The van der Waals surface area contributed by atoms with E-state index in [0.29, 0.717) is 17.6 Å². The largest absolute Gasteiger partial charge is 0.465 e. The fourth-order valence-electron chi connectivity index (χ4n) is 3.10. The number of carbonyl (C=O) groups is 1. The summed E-state index contributed by atoms with van der Waals surface area (Å²) in [4.78, 5) is 19.7. The van der Waals surface area contributed by atoms with Crippen LogP contribution >= 0.6 is 11.6 Å². The molecule has 1 aliphatic rings. The molecule has 22 heavy (non-hydrogen) atoms. The van der Waals surface area contributed by atoms with Crippen LogP contribution < -0.4 is 4.90 Å². The zero-order valence-electron chi connectivity index (χ0n) is 13.6. The summed E-state index contributed by atoms with van der Waals surface area (Å²) in [5.74, 6) is 0.326. The van der Waals surface area contributed by atoms with Crippen LogP contribution in [0.5, 0.6) is 0 Å². The molecule has 6 heteroatoms. The molecular weight excluding hydrogens is 302 g/mol. The molecule has 0 spiro atoms. The first-order valence-corrected chi connectivity index (χ1v) is 7.96. The van der Waals surface area contributed by atoms with Crippen LogP contribution in [0.25, 0.3) is 0 Å². The van der Waals surface area contributed by atoms with E-state index in [1.807, 2.05) is 26.8 Å². The maximum absolute atomic E-state index is 11.8. The van der Waals surface area contributed by atoms with Gasteiger partial charge in [-0.15, -0.1) is 0 Å². The van der Waals surface area contributed by atoms with E-state index >= 15 is 0 Å². The van der Waals surface area contributed by atoms with Crippen molar-refractivity contribution in [3.8, 4) is 0 Å². The number of halogens is 1. The van der Waals surface area contributed by atoms with Crippen LogP contribution in [0.1, 0.15) is 34.1 Å². The molecule has 5 nitrogen and oxygen atoms in total. The first-order valence-electron chi connectivity index (χ1n) is 7.59. The zero-order chi connectivity index (χ0) is 16.5. The minimum Gasteiger partial charge on any atom is -0.465 e. The van der Waals surface area contributed by atoms with E-state index in [2.05, 4.69) is 16.8 Å². The topological polar surface area (TPSA) is 56.7 Å². The lowest BCUT2D eigenvalue weighted by Crippen LogP contribution is -2.59. The molecule has 0 saturated carbocycles. The van der Waals surface area contributed by atoms with Crippen molar-refractivity contribution in [3.63, 3.8) is 0 Å². The van der Waals surface area contributed by atoms with Gasteiger partial charge in [0.1, 0.15) is 5.15 Å². The van der Waals surface area contributed by atoms with Crippen molar-refractivity contribution < 1.29 is 9.90 Å². The van der Waals surface area contributed by atoms with Gasteiger partial charge < -0.3 is 10.0 Å². The predicted octanol–water partition coefficient (Wildman–Crippen LogP) is 3.73. The van der Waals surface area contributed by atoms with Crippen LogP contribution in [0.2, 0.25) is 5.15 Å². The minimum absolute atomic E-state index is 0.0399. The van der Waals surface area contributed by atoms with Gasteiger partial charge >= 0.3 is 6.09 Å². The fourth-order valence-corrected chi connectivity index (χ4v) is 3.21. The number of aromatic nitrogens is 1. The van der Waals surface area contributed by atoms with Gasteiger partial charge in [-0.25, -0.2) is 9.78 Å². The molecule has 0 radical (unpaired) electrons. The number of nitrogens with zero attached hydrogens (tertiary/aromatic N) is 3. The zero-order valence-corrected chi connectivity index (χ0v) is 14.3. The Bertz CT molecular complexity index is 527. The van der Waals surface area contributed by atoms with Crippen molar-refractivity contribution in [2.45, 2.75) is 45.7 Å². The highest BCUT2D eigenvalue weighted by Gasteiger charge is 2.39. The molecule has 0 bridgehead atoms. The third-order valence-electron chi connectivity index (χ3n) is 4.26. The third-order valence-corrected chi connectivity index (χ3v) is 4.48. The van der Waals surface area contributed by atoms with E-state index < -0.39 is 11.6 Å². The van der Waals surface area contributed by atoms with Crippen LogP contribution in [0.15, 0.2) is 18.3 Å². The molecular formula is C16H24ClN3O2. The molecule has 2 rings (SSSR count). The Balaban J connectivity index is 2.23.